The number of rotatable bonds is 5. The lowest BCUT2D eigenvalue weighted by Crippen LogP contribution is -2.26. The molecule has 0 bridgehead atoms. The molecule has 108 valence electrons. The molecule has 0 spiro atoms. The highest BCUT2D eigenvalue weighted by Crippen LogP contribution is 2.29. The Balaban J connectivity index is 2.80. The summed E-state index contributed by atoms with van der Waals surface area (Å²) in [5.41, 5.74) is -0.908. The minimum Gasteiger partial charge on any atom is -0.287 e. The third-order valence-electron chi connectivity index (χ3n) is 2.08. The summed E-state index contributed by atoms with van der Waals surface area (Å²) in [5, 5.41) is 0. The zero-order valence-corrected chi connectivity index (χ0v) is 11.2. The van der Waals surface area contributed by atoms with Crippen molar-refractivity contribution in [2.75, 3.05) is 6.61 Å². The quantitative estimate of drug-likeness (QED) is 0.850. The van der Waals surface area contributed by atoms with Gasteiger partial charge in [0.1, 0.15) is 0 Å². The van der Waals surface area contributed by atoms with Crippen LogP contribution in [-0.2, 0) is 21.0 Å². The largest absolute Gasteiger partial charge is 0.416 e. The van der Waals surface area contributed by atoms with E-state index in [1.165, 1.54) is 0 Å². The molecule has 0 unspecified atom stereocenters. The highest BCUT2D eigenvalue weighted by molar-refractivity contribution is 7.89. The van der Waals surface area contributed by atoms with Crippen molar-refractivity contribution in [2.24, 2.45) is 5.92 Å². The van der Waals surface area contributed by atoms with Crippen LogP contribution >= 0.6 is 0 Å². The van der Waals surface area contributed by atoms with E-state index in [2.05, 4.69) is 0 Å². The van der Waals surface area contributed by atoms with Crippen molar-refractivity contribution < 1.29 is 26.4 Å². The summed E-state index contributed by atoms with van der Waals surface area (Å²) in [6, 6.07) is 3.17. The number of hydrogen-bond donors (Lipinski definition) is 1. The summed E-state index contributed by atoms with van der Waals surface area (Å²) in [6.45, 7) is 3.82. The maximum Gasteiger partial charge on any atom is 0.416 e. The standard InChI is InChI=1S/C11H14F3NO3S/c1-8(2)7-18-15-19(16,17)10-5-3-9(4-6-10)11(12,13)14/h3-6,8,15H,7H2,1-2H3. The van der Waals surface area contributed by atoms with Gasteiger partial charge in [0.15, 0.2) is 0 Å². The molecule has 1 aromatic carbocycles. The lowest BCUT2D eigenvalue weighted by molar-refractivity contribution is -0.137. The number of hydrogen-bond acceptors (Lipinski definition) is 3. The van der Waals surface area contributed by atoms with Crippen LogP contribution in [0.25, 0.3) is 0 Å². The van der Waals surface area contributed by atoms with E-state index >= 15 is 0 Å². The van der Waals surface area contributed by atoms with Crippen LogP contribution < -0.4 is 4.89 Å². The van der Waals surface area contributed by atoms with Crippen LogP contribution in [0.3, 0.4) is 0 Å². The minimum atomic E-state index is -4.50. The number of nitrogens with one attached hydrogen (secondary N) is 1. The molecule has 1 rings (SSSR count). The molecular formula is C11H14F3NO3S. The molecule has 0 aliphatic rings. The van der Waals surface area contributed by atoms with E-state index in [0.29, 0.717) is 12.1 Å². The first-order valence-electron chi connectivity index (χ1n) is 5.44. The van der Waals surface area contributed by atoms with Gasteiger partial charge in [-0.1, -0.05) is 18.7 Å². The van der Waals surface area contributed by atoms with Gasteiger partial charge >= 0.3 is 6.18 Å². The summed E-state index contributed by atoms with van der Waals surface area (Å²) >= 11 is 0. The first-order chi connectivity index (χ1) is 8.63. The average Bonchev–Trinajstić information content (AvgIpc) is 2.27. The highest BCUT2D eigenvalue weighted by atomic mass is 32.2. The molecule has 4 nitrogen and oxygen atoms in total. The third-order valence-corrected chi connectivity index (χ3v) is 3.31. The van der Waals surface area contributed by atoms with E-state index in [1.807, 2.05) is 18.7 Å². The van der Waals surface area contributed by atoms with Gasteiger partial charge in [0.25, 0.3) is 10.0 Å². The molecule has 19 heavy (non-hydrogen) atoms. The topological polar surface area (TPSA) is 55.4 Å². The van der Waals surface area contributed by atoms with Crippen LogP contribution in [-0.4, -0.2) is 15.0 Å². The Labute approximate surface area is 109 Å². The first-order valence-corrected chi connectivity index (χ1v) is 6.92. The van der Waals surface area contributed by atoms with Crippen LogP contribution in [0.15, 0.2) is 29.2 Å². The molecule has 0 aromatic heterocycles. The number of benzene rings is 1. The summed E-state index contributed by atoms with van der Waals surface area (Å²) in [4.78, 5) is 6.32. The number of sulfonamides is 1. The molecule has 0 fully saturated rings. The molecule has 0 aliphatic carbocycles. The van der Waals surface area contributed by atoms with Crippen LogP contribution in [0.2, 0.25) is 0 Å². The van der Waals surface area contributed by atoms with Crippen molar-refractivity contribution in [3.8, 4) is 0 Å². The Morgan fingerprint density at radius 3 is 2.16 bits per heavy atom. The monoisotopic (exact) mass is 297 g/mol. The van der Waals surface area contributed by atoms with E-state index < -0.39 is 21.8 Å². The maximum absolute atomic E-state index is 12.3. The van der Waals surface area contributed by atoms with Crippen molar-refractivity contribution in [3.05, 3.63) is 29.8 Å². The SMILES string of the molecule is CC(C)CONS(=O)(=O)c1ccc(C(F)(F)F)cc1. The number of halogens is 3. The van der Waals surface area contributed by atoms with Gasteiger partial charge in [-0.3, -0.25) is 4.84 Å². The smallest absolute Gasteiger partial charge is 0.287 e. The molecule has 0 atom stereocenters. The van der Waals surface area contributed by atoms with Gasteiger partial charge in [0, 0.05) is 0 Å². The van der Waals surface area contributed by atoms with Gasteiger partial charge in [0.05, 0.1) is 17.1 Å². The Morgan fingerprint density at radius 1 is 1.21 bits per heavy atom. The molecular weight excluding hydrogens is 283 g/mol. The molecule has 0 saturated heterocycles. The van der Waals surface area contributed by atoms with Crippen LogP contribution in [0, 0.1) is 5.92 Å². The first kappa shape index (κ1) is 15.9. The second-order valence-electron chi connectivity index (χ2n) is 4.31. The summed E-state index contributed by atoms with van der Waals surface area (Å²) in [6.07, 6.45) is -4.50. The van der Waals surface area contributed by atoms with Gasteiger partial charge < -0.3 is 0 Å². The molecule has 0 heterocycles. The fourth-order valence-electron chi connectivity index (χ4n) is 1.15. The van der Waals surface area contributed by atoms with E-state index in [9.17, 15) is 21.6 Å². The third kappa shape index (κ3) is 4.81. The molecule has 8 heteroatoms. The van der Waals surface area contributed by atoms with Crippen LogP contribution in [0.4, 0.5) is 13.2 Å². The normalized spacial score (nSPS) is 12.9. The van der Waals surface area contributed by atoms with Gasteiger partial charge in [0.2, 0.25) is 0 Å². The van der Waals surface area contributed by atoms with E-state index in [-0.39, 0.29) is 17.4 Å². The summed E-state index contributed by atoms with van der Waals surface area (Å²) in [5.74, 6) is 0.121. The predicted octanol–water partition coefficient (Wildman–Crippen LogP) is 2.57. The van der Waals surface area contributed by atoms with Crippen molar-refractivity contribution in [3.63, 3.8) is 0 Å². The van der Waals surface area contributed by atoms with Crippen molar-refractivity contribution >= 4 is 10.0 Å². The van der Waals surface area contributed by atoms with E-state index in [4.69, 9.17) is 4.84 Å². The van der Waals surface area contributed by atoms with E-state index in [0.717, 1.165) is 12.1 Å². The fourth-order valence-corrected chi connectivity index (χ4v) is 1.96. The second-order valence-corrected chi connectivity index (χ2v) is 5.96. The minimum absolute atomic E-state index is 0.121. The van der Waals surface area contributed by atoms with Gasteiger partial charge in [-0.2, -0.15) is 13.2 Å². The lowest BCUT2D eigenvalue weighted by atomic mass is 10.2. The molecule has 0 radical (unpaired) electrons. The molecule has 0 aliphatic heterocycles. The van der Waals surface area contributed by atoms with Gasteiger partial charge in [-0.25, -0.2) is 8.42 Å². The maximum atomic E-state index is 12.3. The Hall–Kier alpha value is -1.12. The zero-order valence-electron chi connectivity index (χ0n) is 10.4. The Kier molecular flexibility index (Phi) is 4.94. The summed E-state index contributed by atoms with van der Waals surface area (Å²) < 4.78 is 60.3. The van der Waals surface area contributed by atoms with Crippen molar-refractivity contribution in [1.29, 1.82) is 0 Å². The molecule has 1 aromatic rings. The average molecular weight is 297 g/mol. The number of alkyl halides is 3. The molecule has 0 amide bonds. The van der Waals surface area contributed by atoms with Gasteiger partial charge in [-0.15, -0.1) is 0 Å². The van der Waals surface area contributed by atoms with E-state index in [1.54, 1.807) is 0 Å². The predicted molar refractivity (Wildman–Crippen MR) is 62.6 cm³/mol. The molecule has 1 N–H and O–H groups in total. The Bertz CT molecular complexity index is 509. The lowest BCUT2D eigenvalue weighted by Gasteiger charge is -2.10. The zero-order chi connectivity index (χ0) is 14.7. The molecule has 0 saturated carbocycles. The second kappa shape index (κ2) is 5.89. The van der Waals surface area contributed by atoms with Crippen molar-refractivity contribution in [2.45, 2.75) is 24.9 Å². The Morgan fingerprint density at radius 2 is 1.74 bits per heavy atom. The summed E-state index contributed by atoms with van der Waals surface area (Å²) in [7, 11) is -3.96. The van der Waals surface area contributed by atoms with Crippen LogP contribution in [0.5, 0.6) is 0 Å². The highest BCUT2D eigenvalue weighted by Gasteiger charge is 2.30. The van der Waals surface area contributed by atoms with Crippen molar-refractivity contribution in [1.82, 2.24) is 4.89 Å². The van der Waals surface area contributed by atoms with Gasteiger partial charge in [-0.05, 0) is 30.2 Å². The fraction of sp³-hybridized carbons (Fsp3) is 0.455. The van der Waals surface area contributed by atoms with Crippen LogP contribution in [0.1, 0.15) is 19.4 Å².